The summed E-state index contributed by atoms with van der Waals surface area (Å²) in [6, 6.07) is 4.05. The van der Waals surface area contributed by atoms with E-state index >= 15 is 0 Å². The standard InChI is InChI=1S/C21H26O2/c1-5-9-17-16(6-2)20-18(22)12-15(14-10-7-8-11-14)13-19(20)23-21(17,3)4/h5-6,9,12-14,22H,2,7-8,10-11H2,1,3-4H3/b9-5-. The molecule has 3 rings (SSSR count). The number of hydrogen-bond donors (Lipinski definition) is 1. The van der Waals surface area contributed by atoms with Crippen LogP contribution in [-0.4, -0.2) is 10.7 Å². The minimum absolute atomic E-state index is 0.303. The van der Waals surface area contributed by atoms with Crippen molar-refractivity contribution in [2.45, 2.75) is 58.0 Å². The van der Waals surface area contributed by atoms with Crippen LogP contribution in [0.15, 0.2) is 42.5 Å². The van der Waals surface area contributed by atoms with Gasteiger partial charge in [0.1, 0.15) is 17.1 Å². The van der Waals surface area contributed by atoms with Crippen LogP contribution < -0.4 is 4.74 Å². The Balaban J connectivity index is 2.18. The molecule has 0 spiro atoms. The van der Waals surface area contributed by atoms with Gasteiger partial charge >= 0.3 is 0 Å². The summed E-state index contributed by atoms with van der Waals surface area (Å²) in [5.41, 5.74) is 3.54. The highest BCUT2D eigenvalue weighted by Crippen LogP contribution is 2.48. The van der Waals surface area contributed by atoms with Gasteiger partial charge in [0.25, 0.3) is 0 Å². The molecule has 2 heteroatoms. The van der Waals surface area contributed by atoms with E-state index in [1.54, 1.807) is 0 Å². The van der Waals surface area contributed by atoms with Crippen LogP contribution in [0.2, 0.25) is 0 Å². The smallest absolute Gasteiger partial charge is 0.132 e. The molecule has 0 amide bonds. The van der Waals surface area contributed by atoms with Crippen LogP contribution in [0.25, 0.3) is 5.57 Å². The Labute approximate surface area is 139 Å². The largest absolute Gasteiger partial charge is 0.507 e. The second-order valence-electron chi connectivity index (χ2n) is 7.04. The lowest BCUT2D eigenvalue weighted by molar-refractivity contribution is 0.148. The molecule has 0 aromatic heterocycles. The summed E-state index contributed by atoms with van der Waals surface area (Å²) >= 11 is 0. The fourth-order valence-corrected chi connectivity index (χ4v) is 3.93. The minimum atomic E-state index is -0.441. The van der Waals surface area contributed by atoms with Gasteiger partial charge in [0.15, 0.2) is 0 Å². The fraction of sp³-hybridized carbons (Fsp3) is 0.429. The van der Waals surface area contributed by atoms with E-state index in [0.717, 1.165) is 22.5 Å². The highest BCUT2D eigenvalue weighted by Gasteiger charge is 2.35. The van der Waals surface area contributed by atoms with E-state index in [1.165, 1.54) is 31.2 Å². The van der Waals surface area contributed by atoms with Crippen LogP contribution in [0, 0.1) is 0 Å². The molecule has 0 unspecified atom stereocenters. The molecular formula is C21H26O2. The first kappa shape index (κ1) is 15.9. The third-order valence-corrected chi connectivity index (χ3v) is 5.04. The van der Waals surface area contributed by atoms with Gasteiger partial charge in [0, 0.05) is 5.57 Å². The van der Waals surface area contributed by atoms with Crippen molar-refractivity contribution in [2.75, 3.05) is 0 Å². The maximum atomic E-state index is 10.7. The average molecular weight is 310 g/mol. The molecule has 1 aromatic carbocycles. The number of aromatic hydroxyl groups is 1. The number of benzene rings is 1. The van der Waals surface area contributed by atoms with E-state index in [0.29, 0.717) is 11.7 Å². The summed E-state index contributed by atoms with van der Waals surface area (Å²) in [5.74, 6) is 1.63. The lowest BCUT2D eigenvalue weighted by Crippen LogP contribution is -2.34. The summed E-state index contributed by atoms with van der Waals surface area (Å²) in [4.78, 5) is 0. The first-order valence-electron chi connectivity index (χ1n) is 8.54. The Morgan fingerprint density at radius 3 is 2.57 bits per heavy atom. The van der Waals surface area contributed by atoms with Crippen molar-refractivity contribution in [3.8, 4) is 11.5 Å². The highest BCUT2D eigenvalue weighted by molar-refractivity contribution is 5.87. The normalized spacial score (nSPS) is 20.7. The summed E-state index contributed by atoms with van der Waals surface area (Å²) in [5, 5.41) is 10.7. The Morgan fingerprint density at radius 2 is 1.96 bits per heavy atom. The lowest BCUT2D eigenvalue weighted by atomic mass is 9.84. The number of rotatable bonds is 3. The second-order valence-corrected chi connectivity index (χ2v) is 7.04. The van der Waals surface area contributed by atoms with Crippen molar-refractivity contribution >= 4 is 5.57 Å². The third-order valence-electron chi connectivity index (χ3n) is 5.04. The summed E-state index contributed by atoms with van der Waals surface area (Å²) in [6.45, 7) is 10.1. The summed E-state index contributed by atoms with van der Waals surface area (Å²) in [7, 11) is 0. The maximum Gasteiger partial charge on any atom is 0.132 e. The van der Waals surface area contributed by atoms with Crippen LogP contribution in [-0.2, 0) is 0 Å². The van der Waals surface area contributed by atoms with E-state index in [2.05, 4.69) is 26.5 Å². The van der Waals surface area contributed by atoms with Crippen LogP contribution in [0.4, 0.5) is 0 Å². The van der Waals surface area contributed by atoms with Crippen molar-refractivity contribution in [3.05, 3.63) is 53.6 Å². The number of fused-ring (bicyclic) bond motifs is 1. The van der Waals surface area contributed by atoms with Crippen molar-refractivity contribution in [1.29, 1.82) is 0 Å². The molecule has 1 heterocycles. The Hall–Kier alpha value is -1.96. The highest BCUT2D eigenvalue weighted by atomic mass is 16.5. The van der Waals surface area contributed by atoms with Gasteiger partial charge in [-0.1, -0.05) is 37.6 Å². The quantitative estimate of drug-likeness (QED) is 0.771. The number of allylic oxidation sites excluding steroid dienone is 3. The number of ether oxygens (including phenoxy) is 1. The molecule has 1 N–H and O–H groups in total. The van der Waals surface area contributed by atoms with Gasteiger partial charge in [-0.2, -0.15) is 0 Å². The molecule has 1 aliphatic carbocycles. The van der Waals surface area contributed by atoms with Gasteiger partial charge in [-0.15, -0.1) is 0 Å². The molecule has 1 aliphatic heterocycles. The van der Waals surface area contributed by atoms with E-state index in [9.17, 15) is 5.11 Å². The molecule has 1 saturated carbocycles. The van der Waals surface area contributed by atoms with E-state index < -0.39 is 5.60 Å². The zero-order valence-corrected chi connectivity index (χ0v) is 14.4. The van der Waals surface area contributed by atoms with Crippen LogP contribution in [0.1, 0.15) is 63.5 Å². The van der Waals surface area contributed by atoms with E-state index in [1.807, 2.05) is 31.2 Å². The van der Waals surface area contributed by atoms with Gasteiger partial charge in [-0.3, -0.25) is 0 Å². The molecule has 23 heavy (non-hydrogen) atoms. The van der Waals surface area contributed by atoms with Gasteiger partial charge in [-0.25, -0.2) is 0 Å². The molecule has 1 aromatic rings. The Bertz CT molecular complexity index is 686. The fourth-order valence-electron chi connectivity index (χ4n) is 3.93. The maximum absolute atomic E-state index is 10.7. The van der Waals surface area contributed by atoms with Gasteiger partial charge in [0.2, 0.25) is 0 Å². The number of phenolic OH excluding ortho intramolecular Hbond substituents is 1. The number of phenols is 1. The van der Waals surface area contributed by atoms with Gasteiger partial charge < -0.3 is 9.84 Å². The molecule has 0 bridgehead atoms. The zero-order valence-electron chi connectivity index (χ0n) is 14.4. The SMILES string of the molecule is C=CC1=C(/C=C\C)C(C)(C)Oc2cc(C3CCCC3)cc(O)c21. The summed E-state index contributed by atoms with van der Waals surface area (Å²) in [6.07, 6.45) is 10.8. The average Bonchev–Trinajstić information content (AvgIpc) is 3.02. The summed E-state index contributed by atoms with van der Waals surface area (Å²) < 4.78 is 6.28. The number of hydrogen-bond acceptors (Lipinski definition) is 2. The van der Waals surface area contributed by atoms with Crippen molar-refractivity contribution in [3.63, 3.8) is 0 Å². The van der Waals surface area contributed by atoms with Crippen molar-refractivity contribution in [2.24, 2.45) is 0 Å². The predicted molar refractivity (Wildman–Crippen MR) is 96.0 cm³/mol. The molecule has 0 radical (unpaired) electrons. The van der Waals surface area contributed by atoms with E-state index in [4.69, 9.17) is 4.74 Å². The van der Waals surface area contributed by atoms with Crippen LogP contribution in [0.3, 0.4) is 0 Å². The zero-order chi connectivity index (χ0) is 16.6. The second kappa shape index (κ2) is 5.92. The van der Waals surface area contributed by atoms with Crippen molar-refractivity contribution in [1.82, 2.24) is 0 Å². The first-order chi connectivity index (χ1) is 11.0. The minimum Gasteiger partial charge on any atom is -0.507 e. The Kier molecular flexibility index (Phi) is 4.09. The predicted octanol–water partition coefficient (Wildman–Crippen LogP) is 5.74. The van der Waals surface area contributed by atoms with Gasteiger partial charge in [0.05, 0.1) is 5.56 Å². The Morgan fingerprint density at radius 1 is 1.26 bits per heavy atom. The molecule has 0 saturated heterocycles. The molecule has 2 nitrogen and oxygen atoms in total. The van der Waals surface area contributed by atoms with Crippen LogP contribution >= 0.6 is 0 Å². The molecule has 1 fully saturated rings. The van der Waals surface area contributed by atoms with Gasteiger partial charge in [-0.05, 0) is 62.8 Å². The topological polar surface area (TPSA) is 29.5 Å². The lowest BCUT2D eigenvalue weighted by Gasteiger charge is -2.36. The third kappa shape index (κ3) is 2.71. The molecular weight excluding hydrogens is 284 g/mol. The first-order valence-corrected chi connectivity index (χ1v) is 8.54. The molecule has 0 atom stereocenters. The van der Waals surface area contributed by atoms with E-state index in [-0.39, 0.29) is 0 Å². The monoisotopic (exact) mass is 310 g/mol. The van der Waals surface area contributed by atoms with Crippen LogP contribution in [0.5, 0.6) is 11.5 Å². The van der Waals surface area contributed by atoms with Crippen molar-refractivity contribution < 1.29 is 9.84 Å². The molecule has 2 aliphatic rings. The molecule has 122 valence electrons.